The van der Waals surface area contributed by atoms with Crippen LogP contribution in [0.2, 0.25) is 0 Å². The summed E-state index contributed by atoms with van der Waals surface area (Å²) in [7, 11) is 0. The Hall–Kier alpha value is -2.75. The molecule has 0 atom stereocenters. The topological polar surface area (TPSA) is 78.3 Å². The maximum absolute atomic E-state index is 12.8. The SMILES string of the molecule is O=C([O-])CCN1C(=O)/C(=C/c2cn(-c3ccccc3)nc2-c2ccc(Br)cc2)SC1=S. The van der Waals surface area contributed by atoms with Gasteiger partial charge in [0.1, 0.15) is 4.32 Å². The minimum Gasteiger partial charge on any atom is -0.550 e. The zero-order valence-corrected chi connectivity index (χ0v) is 19.2. The van der Waals surface area contributed by atoms with E-state index < -0.39 is 5.97 Å². The number of para-hydroxylation sites is 1. The van der Waals surface area contributed by atoms with Crippen LogP contribution in [0.4, 0.5) is 0 Å². The van der Waals surface area contributed by atoms with Crippen LogP contribution in [0.3, 0.4) is 0 Å². The van der Waals surface area contributed by atoms with Crippen molar-refractivity contribution in [3.8, 4) is 16.9 Å². The summed E-state index contributed by atoms with van der Waals surface area (Å²) in [6, 6.07) is 17.4. The highest BCUT2D eigenvalue weighted by molar-refractivity contribution is 9.10. The molecule has 0 aliphatic carbocycles. The van der Waals surface area contributed by atoms with E-state index >= 15 is 0 Å². The lowest BCUT2D eigenvalue weighted by Crippen LogP contribution is -2.33. The number of halogens is 1. The molecule has 1 amide bonds. The van der Waals surface area contributed by atoms with Crippen LogP contribution in [-0.4, -0.2) is 37.4 Å². The van der Waals surface area contributed by atoms with Crippen molar-refractivity contribution < 1.29 is 14.7 Å². The Morgan fingerprint density at radius 2 is 1.87 bits per heavy atom. The van der Waals surface area contributed by atoms with Crippen LogP contribution < -0.4 is 5.11 Å². The molecule has 0 unspecified atom stereocenters. The smallest absolute Gasteiger partial charge is 0.266 e. The Labute approximate surface area is 196 Å². The minimum atomic E-state index is -1.22. The van der Waals surface area contributed by atoms with Gasteiger partial charge in [-0.05, 0) is 30.3 Å². The number of aliphatic carboxylic acids is 1. The number of thioether (sulfide) groups is 1. The number of carboxylic acids is 1. The van der Waals surface area contributed by atoms with Gasteiger partial charge in [0.15, 0.2) is 0 Å². The Bertz CT molecular complexity index is 1190. The van der Waals surface area contributed by atoms with Crippen molar-refractivity contribution in [1.29, 1.82) is 0 Å². The molecule has 31 heavy (non-hydrogen) atoms. The van der Waals surface area contributed by atoms with Crippen LogP contribution in [0, 0.1) is 0 Å². The fraction of sp³-hybridized carbons (Fsp3) is 0.0909. The van der Waals surface area contributed by atoms with Crippen molar-refractivity contribution in [1.82, 2.24) is 14.7 Å². The molecule has 4 rings (SSSR count). The van der Waals surface area contributed by atoms with E-state index in [1.807, 2.05) is 60.8 Å². The van der Waals surface area contributed by atoms with Crippen molar-refractivity contribution in [2.24, 2.45) is 0 Å². The summed E-state index contributed by atoms with van der Waals surface area (Å²) in [5.74, 6) is -1.54. The molecule has 2 heterocycles. The molecule has 0 spiro atoms. The fourth-order valence-corrected chi connectivity index (χ4v) is 4.64. The summed E-state index contributed by atoms with van der Waals surface area (Å²) < 4.78 is 3.05. The number of nitrogens with zero attached hydrogens (tertiary/aromatic N) is 3. The number of hydrogen-bond donors (Lipinski definition) is 0. The molecule has 156 valence electrons. The maximum Gasteiger partial charge on any atom is 0.266 e. The Morgan fingerprint density at radius 1 is 1.16 bits per heavy atom. The molecule has 0 radical (unpaired) electrons. The predicted molar refractivity (Wildman–Crippen MR) is 126 cm³/mol. The van der Waals surface area contributed by atoms with E-state index in [9.17, 15) is 14.7 Å². The van der Waals surface area contributed by atoms with E-state index in [2.05, 4.69) is 15.9 Å². The lowest BCUT2D eigenvalue weighted by molar-refractivity contribution is -0.305. The second-order valence-corrected chi connectivity index (χ2v) is 9.27. The van der Waals surface area contributed by atoms with E-state index in [1.165, 1.54) is 4.90 Å². The number of amides is 1. The molecule has 1 aliphatic rings. The number of aromatic nitrogens is 2. The van der Waals surface area contributed by atoms with Gasteiger partial charge in [-0.3, -0.25) is 9.69 Å². The molecule has 2 aromatic carbocycles. The van der Waals surface area contributed by atoms with Gasteiger partial charge in [0.2, 0.25) is 0 Å². The second kappa shape index (κ2) is 9.17. The molecule has 0 N–H and O–H groups in total. The zero-order chi connectivity index (χ0) is 22.0. The number of benzene rings is 2. The molecule has 3 aromatic rings. The van der Waals surface area contributed by atoms with Crippen molar-refractivity contribution in [3.05, 3.63) is 75.7 Å². The average molecular weight is 513 g/mol. The van der Waals surface area contributed by atoms with Crippen LogP contribution >= 0.6 is 39.9 Å². The van der Waals surface area contributed by atoms with Gasteiger partial charge in [0.05, 0.1) is 16.3 Å². The highest BCUT2D eigenvalue weighted by Gasteiger charge is 2.32. The third-order valence-corrected chi connectivity index (χ3v) is 6.49. The Balaban J connectivity index is 1.74. The molecule has 6 nitrogen and oxygen atoms in total. The number of thiocarbonyl (C=S) groups is 1. The number of carbonyl (C=O) groups excluding carboxylic acids is 2. The van der Waals surface area contributed by atoms with Gasteiger partial charge < -0.3 is 9.90 Å². The molecule has 9 heteroatoms. The van der Waals surface area contributed by atoms with Crippen LogP contribution in [0.15, 0.2) is 70.2 Å². The van der Waals surface area contributed by atoms with Crippen LogP contribution in [0.25, 0.3) is 23.0 Å². The number of carbonyl (C=O) groups is 2. The number of carboxylic acid groups (broad SMARTS) is 1. The van der Waals surface area contributed by atoms with E-state index in [0.29, 0.717) is 9.23 Å². The van der Waals surface area contributed by atoms with E-state index in [-0.39, 0.29) is 18.9 Å². The Morgan fingerprint density at radius 3 is 2.55 bits per heavy atom. The first-order valence-corrected chi connectivity index (χ1v) is 11.3. The summed E-state index contributed by atoms with van der Waals surface area (Å²) in [6.07, 6.45) is 3.35. The first-order valence-electron chi connectivity index (χ1n) is 9.28. The third kappa shape index (κ3) is 4.79. The quantitative estimate of drug-likeness (QED) is 0.370. The largest absolute Gasteiger partial charge is 0.550 e. The fourth-order valence-electron chi connectivity index (χ4n) is 3.08. The molecule has 1 aliphatic heterocycles. The van der Waals surface area contributed by atoms with Gasteiger partial charge in [-0.1, -0.05) is 70.2 Å². The van der Waals surface area contributed by atoms with Crippen molar-refractivity contribution in [2.45, 2.75) is 6.42 Å². The van der Waals surface area contributed by atoms with Gasteiger partial charge in [-0.15, -0.1) is 0 Å². The molecular formula is C22H15BrN3O3S2-. The molecular weight excluding hydrogens is 498 g/mol. The molecule has 0 saturated carbocycles. The highest BCUT2D eigenvalue weighted by atomic mass is 79.9. The lowest BCUT2D eigenvalue weighted by Gasteiger charge is -2.14. The maximum atomic E-state index is 12.8. The molecule has 1 fully saturated rings. The summed E-state index contributed by atoms with van der Waals surface area (Å²) in [4.78, 5) is 25.3. The standard InChI is InChI=1S/C22H16BrN3O3S2/c23-16-8-6-14(7-9-16)20-15(13-26(24-20)17-4-2-1-3-5-17)12-18-21(29)25(22(30)31-18)11-10-19(27)28/h1-9,12-13H,10-11H2,(H,27,28)/p-1/b18-12-. The minimum absolute atomic E-state index is 0.00676. The van der Waals surface area contributed by atoms with Crippen molar-refractivity contribution >= 4 is 62.2 Å². The summed E-state index contributed by atoms with van der Waals surface area (Å²) in [6.45, 7) is -0.00676. The average Bonchev–Trinajstić information content (AvgIpc) is 3.29. The van der Waals surface area contributed by atoms with Gasteiger partial charge in [0.25, 0.3) is 5.91 Å². The Kier molecular flexibility index (Phi) is 6.35. The van der Waals surface area contributed by atoms with Crippen LogP contribution in [0.5, 0.6) is 0 Å². The second-order valence-electron chi connectivity index (χ2n) is 6.68. The monoisotopic (exact) mass is 512 g/mol. The number of rotatable bonds is 6. The summed E-state index contributed by atoms with van der Waals surface area (Å²) >= 11 is 9.87. The highest BCUT2D eigenvalue weighted by Crippen LogP contribution is 2.35. The van der Waals surface area contributed by atoms with E-state index in [4.69, 9.17) is 17.3 Å². The summed E-state index contributed by atoms with van der Waals surface area (Å²) in [5.41, 5.74) is 3.27. The van der Waals surface area contributed by atoms with E-state index in [0.717, 1.165) is 38.7 Å². The zero-order valence-electron chi connectivity index (χ0n) is 16.0. The van der Waals surface area contributed by atoms with Crippen molar-refractivity contribution in [2.75, 3.05) is 6.54 Å². The first kappa shape index (κ1) is 21.5. The molecule has 1 saturated heterocycles. The summed E-state index contributed by atoms with van der Waals surface area (Å²) in [5, 5.41) is 15.5. The predicted octanol–water partition coefficient (Wildman–Crippen LogP) is 3.64. The molecule has 0 bridgehead atoms. The third-order valence-electron chi connectivity index (χ3n) is 4.58. The van der Waals surface area contributed by atoms with Gasteiger partial charge in [-0.25, -0.2) is 4.68 Å². The molecule has 1 aromatic heterocycles. The van der Waals surface area contributed by atoms with Crippen LogP contribution in [-0.2, 0) is 9.59 Å². The van der Waals surface area contributed by atoms with Crippen molar-refractivity contribution in [3.63, 3.8) is 0 Å². The van der Waals surface area contributed by atoms with Crippen LogP contribution in [0.1, 0.15) is 12.0 Å². The normalized spacial score (nSPS) is 15.1. The van der Waals surface area contributed by atoms with Gasteiger partial charge >= 0.3 is 0 Å². The van der Waals surface area contributed by atoms with Gasteiger partial charge in [-0.2, -0.15) is 5.10 Å². The van der Waals surface area contributed by atoms with Gasteiger partial charge in [0, 0.05) is 40.7 Å². The number of hydrogen-bond acceptors (Lipinski definition) is 6. The van der Waals surface area contributed by atoms with E-state index in [1.54, 1.807) is 10.8 Å². The first-order chi connectivity index (χ1) is 14.9. The lowest BCUT2D eigenvalue weighted by atomic mass is 10.1.